The summed E-state index contributed by atoms with van der Waals surface area (Å²) in [4.78, 5) is 30.2. The van der Waals surface area contributed by atoms with E-state index in [4.69, 9.17) is 32.9 Å². The lowest BCUT2D eigenvalue weighted by atomic mass is 10.1. The molecule has 34 heavy (non-hydrogen) atoms. The molecule has 5 rings (SSSR count). The second-order valence-electron chi connectivity index (χ2n) is 7.93. The summed E-state index contributed by atoms with van der Waals surface area (Å²) in [7, 11) is 3.06. The smallest absolute Gasteiger partial charge is 0.332 e. The fourth-order valence-electron chi connectivity index (χ4n) is 4.13. The minimum Gasteiger partial charge on any atom is -0.492 e. The molecule has 0 N–H and O–H groups in total. The average molecular weight is 498 g/mol. The molecule has 0 bridgehead atoms. The molecule has 8 nitrogen and oxygen atoms in total. The number of benzene rings is 2. The number of aryl methyl sites for hydroxylation is 1. The average Bonchev–Trinajstić information content (AvgIpc) is 3.36. The lowest BCUT2D eigenvalue weighted by Gasteiger charge is -2.12. The Morgan fingerprint density at radius 1 is 1.00 bits per heavy atom. The molecule has 0 saturated carbocycles. The summed E-state index contributed by atoms with van der Waals surface area (Å²) in [6.45, 7) is 2.80. The van der Waals surface area contributed by atoms with Crippen molar-refractivity contribution in [3.8, 4) is 17.0 Å². The van der Waals surface area contributed by atoms with Crippen LogP contribution in [-0.4, -0.2) is 29.7 Å². The maximum absolute atomic E-state index is 13.0. The van der Waals surface area contributed by atoms with Crippen molar-refractivity contribution in [3.05, 3.63) is 85.1 Å². The number of ether oxygens (including phenoxy) is 1. The lowest BCUT2D eigenvalue weighted by molar-refractivity contribution is 0.340. The monoisotopic (exact) mass is 497 g/mol. The molecule has 0 atom stereocenters. The van der Waals surface area contributed by atoms with Gasteiger partial charge in [-0.15, -0.1) is 0 Å². The van der Waals surface area contributed by atoms with E-state index in [0.717, 1.165) is 21.4 Å². The Bertz CT molecular complexity index is 1690. The van der Waals surface area contributed by atoms with Gasteiger partial charge < -0.3 is 9.30 Å². The predicted octanol–water partition coefficient (Wildman–Crippen LogP) is 4.11. The molecule has 3 heterocycles. The van der Waals surface area contributed by atoms with Gasteiger partial charge in [-0.2, -0.15) is 4.98 Å². The third-order valence-electron chi connectivity index (χ3n) is 5.87. The molecule has 0 aliphatic rings. The lowest BCUT2D eigenvalue weighted by Crippen LogP contribution is -2.37. The van der Waals surface area contributed by atoms with Crippen molar-refractivity contribution in [2.45, 2.75) is 13.5 Å². The zero-order valence-corrected chi connectivity index (χ0v) is 20.3. The van der Waals surface area contributed by atoms with Crippen LogP contribution in [0.4, 0.5) is 0 Å². The molecule has 5 aromatic rings. The number of hydrogen-bond acceptors (Lipinski definition) is 4. The van der Waals surface area contributed by atoms with Crippen LogP contribution < -0.4 is 16.0 Å². The number of aromatic nitrogens is 5. The van der Waals surface area contributed by atoms with Gasteiger partial charge in [-0.25, -0.2) is 4.79 Å². The molecular weight excluding hydrogens is 477 g/mol. The summed E-state index contributed by atoms with van der Waals surface area (Å²) in [5.41, 5.74) is 2.26. The van der Waals surface area contributed by atoms with Crippen LogP contribution >= 0.6 is 23.2 Å². The zero-order chi connectivity index (χ0) is 24.1. The Hall–Kier alpha value is -3.49. The minimum absolute atomic E-state index is 0.312. The first kappa shape index (κ1) is 22.3. The van der Waals surface area contributed by atoms with Gasteiger partial charge in [-0.3, -0.25) is 18.3 Å². The van der Waals surface area contributed by atoms with E-state index in [1.54, 1.807) is 11.4 Å². The molecule has 3 aromatic heterocycles. The summed E-state index contributed by atoms with van der Waals surface area (Å²) < 4.78 is 11.7. The van der Waals surface area contributed by atoms with E-state index in [9.17, 15) is 9.59 Å². The van der Waals surface area contributed by atoms with Gasteiger partial charge in [-0.1, -0.05) is 41.4 Å². The molecule has 0 unspecified atom stereocenters. The van der Waals surface area contributed by atoms with Gasteiger partial charge in [0, 0.05) is 30.9 Å². The normalized spacial score (nSPS) is 11.6. The highest BCUT2D eigenvalue weighted by Gasteiger charge is 2.22. The van der Waals surface area contributed by atoms with Crippen molar-refractivity contribution >= 4 is 40.1 Å². The maximum atomic E-state index is 13.0. The Morgan fingerprint density at radius 3 is 2.47 bits per heavy atom. The summed E-state index contributed by atoms with van der Waals surface area (Å²) in [5.74, 6) is 1.10. The molecular formula is C24H21Cl2N5O3. The van der Waals surface area contributed by atoms with Gasteiger partial charge in [0.05, 0.1) is 23.9 Å². The molecule has 0 fully saturated rings. The van der Waals surface area contributed by atoms with E-state index in [-0.39, 0.29) is 0 Å². The molecule has 0 saturated heterocycles. The van der Waals surface area contributed by atoms with Crippen LogP contribution in [0.15, 0.2) is 58.3 Å². The van der Waals surface area contributed by atoms with Crippen molar-refractivity contribution < 1.29 is 4.74 Å². The van der Waals surface area contributed by atoms with E-state index in [1.165, 1.54) is 11.6 Å². The fourth-order valence-corrected chi connectivity index (χ4v) is 4.56. The zero-order valence-electron chi connectivity index (χ0n) is 18.7. The van der Waals surface area contributed by atoms with Crippen molar-refractivity contribution in [1.29, 1.82) is 0 Å². The quantitative estimate of drug-likeness (QED) is 0.366. The Labute approximate surface area is 204 Å². The van der Waals surface area contributed by atoms with Crippen LogP contribution in [0.2, 0.25) is 10.0 Å². The highest BCUT2D eigenvalue weighted by molar-refractivity contribution is 6.32. The molecule has 0 amide bonds. The van der Waals surface area contributed by atoms with E-state index in [2.05, 4.69) is 0 Å². The topological polar surface area (TPSA) is 75.5 Å². The number of halogens is 2. The second-order valence-corrected chi connectivity index (χ2v) is 8.74. The summed E-state index contributed by atoms with van der Waals surface area (Å²) in [6.07, 6.45) is 1.83. The standard InChI is InChI=1S/C24H21Cl2N5O3/c1-4-34-19-10-9-14(11-17(19)26)18-13-31-20-21(28(2)24(33)29(3)22(20)32)27-23(31)30(18)12-15-7-5-6-8-16(15)25/h5-11,13H,4,12H2,1-3H3. The van der Waals surface area contributed by atoms with E-state index in [1.807, 2.05) is 60.2 Å². The van der Waals surface area contributed by atoms with Crippen LogP contribution in [0.25, 0.3) is 28.2 Å². The first-order chi connectivity index (χ1) is 16.3. The number of imidazole rings is 2. The first-order valence-electron chi connectivity index (χ1n) is 10.6. The van der Waals surface area contributed by atoms with Gasteiger partial charge in [0.25, 0.3) is 5.56 Å². The van der Waals surface area contributed by atoms with Crippen LogP contribution in [-0.2, 0) is 20.6 Å². The molecule has 174 valence electrons. The Kier molecular flexibility index (Phi) is 5.50. The van der Waals surface area contributed by atoms with Crippen molar-refractivity contribution in [2.24, 2.45) is 14.1 Å². The van der Waals surface area contributed by atoms with Crippen molar-refractivity contribution in [1.82, 2.24) is 23.1 Å². The van der Waals surface area contributed by atoms with Crippen LogP contribution in [0, 0.1) is 0 Å². The van der Waals surface area contributed by atoms with E-state index < -0.39 is 11.2 Å². The number of rotatable bonds is 5. The second kappa shape index (κ2) is 8.38. The fraction of sp³-hybridized carbons (Fsp3) is 0.208. The van der Waals surface area contributed by atoms with Gasteiger partial charge in [-0.05, 0) is 36.8 Å². The minimum atomic E-state index is -0.436. The molecule has 0 spiro atoms. The number of nitrogens with zero attached hydrogens (tertiary/aromatic N) is 5. The van der Waals surface area contributed by atoms with E-state index >= 15 is 0 Å². The highest BCUT2D eigenvalue weighted by Crippen LogP contribution is 2.33. The Morgan fingerprint density at radius 2 is 1.76 bits per heavy atom. The van der Waals surface area contributed by atoms with Crippen molar-refractivity contribution in [3.63, 3.8) is 0 Å². The third kappa shape index (κ3) is 3.41. The van der Waals surface area contributed by atoms with Crippen LogP contribution in [0.3, 0.4) is 0 Å². The molecule has 0 radical (unpaired) electrons. The molecule has 0 aliphatic carbocycles. The molecule has 2 aromatic carbocycles. The maximum Gasteiger partial charge on any atom is 0.332 e. The SMILES string of the molecule is CCOc1ccc(-c2cn3c4c(=O)n(C)c(=O)n(C)c4nc3n2Cc2ccccc2Cl)cc1Cl. The van der Waals surface area contributed by atoms with Crippen LogP contribution in [0.1, 0.15) is 12.5 Å². The van der Waals surface area contributed by atoms with Crippen molar-refractivity contribution in [2.75, 3.05) is 6.61 Å². The molecule has 10 heteroatoms. The summed E-state index contributed by atoms with van der Waals surface area (Å²) in [6, 6.07) is 13.1. The number of hydrogen-bond donors (Lipinski definition) is 0. The van der Waals surface area contributed by atoms with E-state index in [0.29, 0.717) is 45.9 Å². The van der Waals surface area contributed by atoms with Gasteiger partial charge in [0.15, 0.2) is 11.2 Å². The Balaban J connectivity index is 1.83. The van der Waals surface area contributed by atoms with Gasteiger partial charge >= 0.3 is 5.69 Å². The third-order valence-corrected chi connectivity index (χ3v) is 6.53. The summed E-state index contributed by atoms with van der Waals surface area (Å²) in [5, 5.41) is 1.09. The largest absolute Gasteiger partial charge is 0.492 e. The predicted molar refractivity (Wildman–Crippen MR) is 133 cm³/mol. The van der Waals surface area contributed by atoms with Crippen LogP contribution in [0.5, 0.6) is 5.75 Å². The first-order valence-corrected chi connectivity index (χ1v) is 11.4. The van der Waals surface area contributed by atoms with Gasteiger partial charge in [0.1, 0.15) is 5.75 Å². The number of fused-ring (bicyclic) bond motifs is 3. The summed E-state index contributed by atoms with van der Waals surface area (Å²) >= 11 is 12.9. The molecule has 0 aliphatic heterocycles. The van der Waals surface area contributed by atoms with Gasteiger partial charge in [0.2, 0.25) is 5.78 Å². The highest BCUT2D eigenvalue weighted by atomic mass is 35.5.